The van der Waals surface area contributed by atoms with E-state index in [2.05, 4.69) is 5.32 Å². The Morgan fingerprint density at radius 1 is 1.24 bits per heavy atom. The third-order valence-corrected chi connectivity index (χ3v) is 7.14. The first-order valence-corrected chi connectivity index (χ1v) is 11.6. The highest BCUT2D eigenvalue weighted by atomic mass is 19.4. The standard InChI is InChI=1S/C24H29F3N4O2/c1-2-3-21(32)30-10-8-23(9-11-30)13-20(22(33)29-17-5-6-17)31(15-23)18-7-4-16(14-28)19(12-18)24(25,26)27/h4,7,12,17,20H,2-3,5-6,8-11,13,15H2,1H3,(H,29,33). The predicted molar refractivity (Wildman–Crippen MR) is 116 cm³/mol. The summed E-state index contributed by atoms with van der Waals surface area (Å²) in [6.07, 6.45) is 0.469. The predicted octanol–water partition coefficient (Wildman–Crippen LogP) is 3.84. The molecule has 1 aromatic carbocycles. The third-order valence-electron chi connectivity index (χ3n) is 7.14. The van der Waals surface area contributed by atoms with Gasteiger partial charge in [-0.3, -0.25) is 9.59 Å². The summed E-state index contributed by atoms with van der Waals surface area (Å²) >= 11 is 0. The Labute approximate surface area is 191 Å². The van der Waals surface area contributed by atoms with Gasteiger partial charge >= 0.3 is 6.18 Å². The van der Waals surface area contributed by atoms with Crippen LogP contribution in [0.3, 0.4) is 0 Å². The minimum atomic E-state index is -4.66. The van der Waals surface area contributed by atoms with Gasteiger partial charge in [0.2, 0.25) is 11.8 Å². The lowest BCUT2D eigenvalue weighted by Crippen LogP contribution is -2.44. The first-order valence-electron chi connectivity index (χ1n) is 11.6. The van der Waals surface area contributed by atoms with Gasteiger partial charge in [0.1, 0.15) is 6.04 Å². The number of hydrogen-bond acceptors (Lipinski definition) is 4. The van der Waals surface area contributed by atoms with E-state index in [0.29, 0.717) is 51.0 Å². The number of piperidine rings is 1. The lowest BCUT2D eigenvalue weighted by atomic mass is 9.76. The minimum Gasteiger partial charge on any atom is -0.359 e. The third kappa shape index (κ3) is 4.94. The van der Waals surface area contributed by atoms with Gasteiger partial charge in [0.05, 0.1) is 17.2 Å². The van der Waals surface area contributed by atoms with Crippen molar-refractivity contribution in [2.45, 2.75) is 70.1 Å². The maximum Gasteiger partial charge on any atom is 0.417 e. The van der Waals surface area contributed by atoms with E-state index in [1.54, 1.807) is 11.0 Å². The van der Waals surface area contributed by atoms with Crippen molar-refractivity contribution in [2.75, 3.05) is 24.5 Å². The number of hydrogen-bond donors (Lipinski definition) is 1. The highest BCUT2D eigenvalue weighted by molar-refractivity contribution is 5.87. The summed E-state index contributed by atoms with van der Waals surface area (Å²) in [6.45, 7) is 3.62. The summed E-state index contributed by atoms with van der Waals surface area (Å²) in [6, 6.07) is 4.88. The molecule has 1 saturated carbocycles. The molecule has 6 nitrogen and oxygen atoms in total. The normalized spacial score (nSPS) is 22.3. The molecule has 1 atom stereocenters. The fourth-order valence-corrected chi connectivity index (χ4v) is 5.09. The maximum absolute atomic E-state index is 13.6. The van der Waals surface area contributed by atoms with Gasteiger partial charge in [0, 0.05) is 37.8 Å². The Morgan fingerprint density at radius 3 is 2.52 bits per heavy atom. The lowest BCUT2D eigenvalue weighted by Gasteiger charge is -2.39. The summed E-state index contributed by atoms with van der Waals surface area (Å²) in [7, 11) is 0. The Bertz CT molecular complexity index is 959. The molecule has 1 spiro atoms. The summed E-state index contributed by atoms with van der Waals surface area (Å²) in [5.74, 6) is -0.0241. The number of anilines is 1. The van der Waals surface area contributed by atoms with E-state index >= 15 is 0 Å². The zero-order chi connectivity index (χ0) is 23.8. The molecule has 2 aliphatic heterocycles. The Balaban J connectivity index is 1.60. The Hall–Kier alpha value is -2.76. The van der Waals surface area contributed by atoms with Crippen molar-refractivity contribution in [3.63, 3.8) is 0 Å². The second-order valence-corrected chi connectivity index (χ2v) is 9.60. The summed E-state index contributed by atoms with van der Waals surface area (Å²) < 4.78 is 40.7. The molecule has 2 heterocycles. The molecule has 1 aromatic rings. The number of amides is 2. The lowest BCUT2D eigenvalue weighted by molar-refractivity contribution is -0.137. The molecule has 9 heteroatoms. The van der Waals surface area contributed by atoms with E-state index in [1.165, 1.54) is 12.1 Å². The van der Waals surface area contributed by atoms with Crippen LogP contribution in [0.15, 0.2) is 18.2 Å². The Kier molecular flexibility index (Phi) is 6.30. The molecule has 178 valence electrons. The number of rotatable bonds is 5. The van der Waals surface area contributed by atoms with Crippen molar-refractivity contribution >= 4 is 17.5 Å². The van der Waals surface area contributed by atoms with E-state index in [0.717, 1.165) is 25.3 Å². The number of carbonyl (C=O) groups is 2. The first kappa shape index (κ1) is 23.4. The highest BCUT2D eigenvalue weighted by Crippen LogP contribution is 2.46. The van der Waals surface area contributed by atoms with Gasteiger partial charge in [-0.1, -0.05) is 6.92 Å². The van der Waals surface area contributed by atoms with Crippen LogP contribution in [0.25, 0.3) is 0 Å². The molecule has 2 saturated heterocycles. The average molecular weight is 463 g/mol. The van der Waals surface area contributed by atoms with Gasteiger partial charge < -0.3 is 15.1 Å². The van der Waals surface area contributed by atoms with E-state index in [-0.39, 0.29) is 23.3 Å². The average Bonchev–Trinajstić information content (AvgIpc) is 3.52. The molecule has 4 rings (SSSR count). The number of benzene rings is 1. The molecule has 33 heavy (non-hydrogen) atoms. The quantitative estimate of drug-likeness (QED) is 0.721. The molecule has 0 bridgehead atoms. The van der Waals surface area contributed by atoms with Crippen molar-refractivity contribution in [1.82, 2.24) is 10.2 Å². The van der Waals surface area contributed by atoms with E-state index in [1.807, 2.05) is 11.8 Å². The van der Waals surface area contributed by atoms with Crippen LogP contribution in [-0.2, 0) is 15.8 Å². The first-order chi connectivity index (χ1) is 15.7. The number of nitrogens with zero attached hydrogens (tertiary/aromatic N) is 3. The fraction of sp³-hybridized carbons (Fsp3) is 0.625. The largest absolute Gasteiger partial charge is 0.417 e. The van der Waals surface area contributed by atoms with Crippen LogP contribution in [0.2, 0.25) is 0 Å². The van der Waals surface area contributed by atoms with Gasteiger partial charge in [0.15, 0.2) is 0 Å². The number of nitrogens with one attached hydrogen (secondary N) is 1. The molecular weight excluding hydrogens is 433 g/mol. The van der Waals surface area contributed by atoms with Crippen LogP contribution in [-0.4, -0.2) is 48.4 Å². The molecule has 1 N–H and O–H groups in total. The van der Waals surface area contributed by atoms with Crippen LogP contribution in [0.1, 0.15) is 63.0 Å². The smallest absolute Gasteiger partial charge is 0.359 e. The minimum absolute atomic E-state index is 0.132. The molecule has 3 fully saturated rings. The van der Waals surface area contributed by atoms with Gasteiger partial charge in [-0.15, -0.1) is 0 Å². The molecule has 0 aromatic heterocycles. The molecule has 3 aliphatic rings. The zero-order valence-corrected chi connectivity index (χ0v) is 18.7. The zero-order valence-electron chi connectivity index (χ0n) is 18.7. The highest BCUT2D eigenvalue weighted by Gasteiger charge is 2.49. The number of carbonyl (C=O) groups excluding carboxylic acids is 2. The molecule has 1 unspecified atom stereocenters. The summed E-state index contributed by atoms with van der Waals surface area (Å²) in [5.41, 5.74) is -1.34. The Morgan fingerprint density at radius 2 is 1.94 bits per heavy atom. The van der Waals surface area contributed by atoms with Gasteiger partial charge in [-0.25, -0.2) is 0 Å². The van der Waals surface area contributed by atoms with Crippen molar-refractivity contribution in [3.8, 4) is 6.07 Å². The number of alkyl halides is 3. The van der Waals surface area contributed by atoms with Crippen LogP contribution in [0.5, 0.6) is 0 Å². The van der Waals surface area contributed by atoms with E-state index in [4.69, 9.17) is 5.26 Å². The van der Waals surface area contributed by atoms with Crippen molar-refractivity contribution < 1.29 is 22.8 Å². The number of halogens is 3. The molecule has 2 amide bonds. The topological polar surface area (TPSA) is 76.4 Å². The second kappa shape index (κ2) is 8.88. The molecule has 1 aliphatic carbocycles. The van der Waals surface area contributed by atoms with Gasteiger partial charge in [-0.2, -0.15) is 18.4 Å². The van der Waals surface area contributed by atoms with Crippen molar-refractivity contribution in [2.24, 2.45) is 5.41 Å². The van der Waals surface area contributed by atoms with Crippen molar-refractivity contribution in [1.29, 1.82) is 5.26 Å². The SMILES string of the molecule is CCCC(=O)N1CCC2(CC1)CC(C(=O)NC1CC1)N(c1ccc(C#N)c(C(F)(F)F)c1)C2. The monoisotopic (exact) mass is 462 g/mol. The van der Waals surface area contributed by atoms with Crippen LogP contribution in [0, 0.1) is 16.7 Å². The van der Waals surface area contributed by atoms with Gasteiger partial charge in [0.25, 0.3) is 0 Å². The van der Waals surface area contributed by atoms with Crippen LogP contribution >= 0.6 is 0 Å². The maximum atomic E-state index is 13.6. The molecular formula is C24H29F3N4O2. The second-order valence-electron chi connectivity index (χ2n) is 9.60. The number of nitriles is 1. The van der Waals surface area contributed by atoms with E-state index < -0.39 is 23.3 Å². The summed E-state index contributed by atoms with van der Waals surface area (Å²) in [4.78, 5) is 29.0. The fourth-order valence-electron chi connectivity index (χ4n) is 5.09. The number of likely N-dealkylation sites (tertiary alicyclic amines) is 1. The van der Waals surface area contributed by atoms with E-state index in [9.17, 15) is 22.8 Å². The van der Waals surface area contributed by atoms with Crippen LogP contribution < -0.4 is 10.2 Å². The van der Waals surface area contributed by atoms with Crippen molar-refractivity contribution in [3.05, 3.63) is 29.3 Å². The van der Waals surface area contributed by atoms with Crippen LogP contribution in [0.4, 0.5) is 18.9 Å². The molecule has 0 radical (unpaired) electrons. The summed E-state index contributed by atoms with van der Waals surface area (Å²) in [5, 5.41) is 12.1. The van der Waals surface area contributed by atoms with Gasteiger partial charge in [-0.05, 0) is 62.1 Å².